The molecule has 0 aliphatic heterocycles. The van der Waals surface area contributed by atoms with Gasteiger partial charge in [0, 0.05) is 24.2 Å². The molecule has 0 spiro atoms. The molecule has 2 aromatic carbocycles. The Bertz CT molecular complexity index is 1490. The number of anilines is 1. The monoisotopic (exact) mass is 557 g/mol. The van der Waals surface area contributed by atoms with Crippen LogP contribution < -0.4 is 5.32 Å². The zero-order chi connectivity index (χ0) is 26.6. The van der Waals surface area contributed by atoms with Crippen LogP contribution in [0.25, 0.3) is 20.8 Å². The van der Waals surface area contributed by atoms with E-state index in [1.54, 1.807) is 11.3 Å². The molecule has 39 heavy (non-hydrogen) atoms. The van der Waals surface area contributed by atoms with E-state index in [0.29, 0.717) is 11.2 Å². The molecule has 0 radical (unpaired) electrons. The van der Waals surface area contributed by atoms with Gasteiger partial charge in [0.05, 0.1) is 16.0 Å². The van der Waals surface area contributed by atoms with Crippen LogP contribution in [0.15, 0.2) is 47.6 Å². The number of fused-ring (bicyclic) bond motifs is 1. The third kappa shape index (κ3) is 5.02. The fourth-order valence-corrected chi connectivity index (χ4v) is 9.79. The zero-order valence-corrected chi connectivity index (χ0v) is 24.3. The molecule has 8 rings (SSSR count). The van der Waals surface area contributed by atoms with Crippen molar-refractivity contribution >= 4 is 44.9 Å². The maximum Gasteiger partial charge on any atom is 0.234 e. The van der Waals surface area contributed by atoms with E-state index in [9.17, 15) is 4.79 Å². The summed E-state index contributed by atoms with van der Waals surface area (Å²) in [6, 6.07) is 14.3. The number of aromatic nitrogens is 4. The summed E-state index contributed by atoms with van der Waals surface area (Å²) in [7, 11) is 0. The lowest BCUT2D eigenvalue weighted by atomic mass is 9.49. The van der Waals surface area contributed by atoms with E-state index in [2.05, 4.69) is 52.1 Å². The minimum atomic E-state index is -0.0310. The second-order valence-electron chi connectivity index (χ2n) is 12.1. The SMILES string of the molecule is CCn1c(CC23CC4CC(CC(C4)C2)C3)nnc1SCC(=O)Nc1ccc(-c2nc3ccc(C)cc3s2)cc1. The first-order valence-electron chi connectivity index (χ1n) is 14.3. The maximum absolute atomic E-state index is 12.8. The Balaban J connectivity index is 0.974. The molecule has 2 heterocycles. The van der Waals surface area contributed by atoms with E-state index >= 15 is 0 Å². The molecule has 4 saturated carbocycles. The van der Waals surface area contributed by atoms with Crippen LogP contribution in [-0.4, -0.2) is 31.4 Å². The molecule has 2 aromatic heterocycles. The molecule has 0 saturated heterocycles. The van der Waals surface area contributed by atoms with E-state index in [1.165, 1.54) is 60.6 Å². The lowest BCUT2D eigenvalue weighted by molar-refractivity contribution is -0.113. The Morgan fingerprint density at radius 2 is 1.77 bits per heavy atom. The van der Waals surface area contributed by atoms with Crippen LogP contribution in [-0.2, 0) is 17.8 Å². The van der Waals surface area contributed by atoms with Crippen molar-refractivity contribution in [3.05, 3.63) is 53.9 Å². The zero-order valence-electron chi connectivity index (χ0n) is 22.7. The van der Waals surface area contributed by atoms with Gasteiger partial charge in [-0.05, 0) is 118 Å². The lowest BCUT2D eigenvalue weighted by Crippen LogP contribution is -2.47. The molecule has 8 heteroatoms. The molecular weight excluding hydrogens is 523 g/mol. The predicted molar refractivity (Wildman–Crippen MR) is 159 cm³/mol. The number of aryl methyl sites for hydroxylation is 1. The van der Waals surface area contributed by atoms with Crippen molar-refractivity contribution in [1.82, 2.24) is 19.7 Å². The van der Waals surface area contributed by atoms with Gasteiger partial charge in [-0.1, -0.05) is 17.8 Å². The quantitative estimate of drug-likeness (QED) is 0.229. The second-order valence-corrected chi connectivity index (χ2v) is 14.1. The molecule has 4 aliphatic rings. The summed E-state index contributed by atoms with van der Waals surface area (Å²) in [6.07, 6.45) is 9.54. The van der Waals surface area contributed by atoms with E-state index in [0.717, 1.165) is 63.5 Å². The van der Waals surface area contributed by atoms with Crippen molar-refractivity contribution in [2.45, 2.75) is 70.5 Å². The van der Waals surface area contributed by atoms with Crippen LogP contribution in [0, 0.1) is 30.1 Å². The first kappa shape index (κ1) is 25.3. The summed E-state index contributed by atoms with van der Waals surface area (Å²) in [6.45, 7) is 5.10. The molecular formula is C31H35N5OS2. The number of benzene rings is 2. The van der Waals surface area contributed by atoms with Crippen LogP contribution in [0.4, 0.5) is 5.69 Å². The number of rotatable bonds is 8. The van der Waals surface area contributed by atoms with E-state index < -0.39 is 0 Å². The molecule has 202 valence electrons. The first-order valence-corrected chi connectivity index (χ1v) is 16.1. The number of carbonyl (C=O) groups is 1. The fraction of sp³-hybridized carbons (Fsp3) is 0.484. The van der Waals surface area contributed by atoms with Gasteiger partial charge in [-0.25, -0.2) is 4.98 Å². The number of nitrogens with one attached hydrogen (secondary N) is 1. The Kier molecular flexibility index (Phi) is 6.51. The molecule has 0 atom stereocenters. The van der Waals surface area contributed by atoms with Crippen molar-refractivity contribution in [3.63, 3.8) is 0 Å². The summed E-state index contributed by atoms with van der Waals surface area (Å²) in [5.74, 6) is 4.21. The van der Waals surface area contributed by atoms with Crippen LogP contribution >= 0.6 is 23.1 Å². The van der Waals surface area contributed by atoms with Crippen molar-refractivity contribution in [2.24, 2.45) is 23.2 Å². The largest absolute Gasteiger partial charge is 0.325 e. The third-order valence-corrected chi connectivity index (χ3v) is 11.1. The standard InChI is InChI=1S/C31H35N5OS2/c1-3-36-27(17-31-14-20-11-21(15-31)13-22(12-20)16-31)34-35-30(36)38-18-28(37)32-24-7-5-23(6-8-24)29-33-25-9-4-19(2)10-26(25)39-29/h4-10,20-22H,3,11-18H2,1-2H3,(H,32,37). The Hall–Kier alpha value is -2.71. The summed E-state index contributed by atoms with van der Waals surface area (Å²) in [5, 5.41) is 14.0. The molecule has 1 N–H and O–H groups in total. The molecule has 4 aliphatic carbocycles. The van der Waals surface area contributed by atoms with Gasteiger partial charge in [0.15, 0.2) is 5.16 Å². The minimum absolute atomic E-state index is 0.0310. The highest BCUT2D eigenvalue weighted by atomic mass is 32.2. The summed E-state index contributed by atoms with van der Waals surface area (Å²) in [4.78, 5) is 17.6. The van der Waals surface area contributed by atoms with Gasteiger partial charge in [-0.3, -0.25) is 4.79 Å². The van der Waals surface area contributed by atoms with Crippen molar-refractivity contribution < 1.29 is 4.79 Å². The van der Waals surface area contributed by atoms with Crippen LogP contribution in [0.1, 0.15) is 56.8 Å². The molecule has 4 fully saturated rings. The number of nitrogens with zero attached hydrogens (tertiary/aromatic N) is 4. The van der Waals surface area contributed by atoms with Gasteiger partial charge in [-0.15, -0.1) is 21.5 Å². The average Bonchev–Trinajstić information content (AvgIpc) is 3.50. The smallest absolute Gasteiger partial charge is 0.234 e. The molecule has 6 nitrogen and oxygen atoms in total. The normalized spacial score (nSPS) is 25.4. The van der Waals surface area contributed by atoms with E-state index in [1.807, 2.05) is 24.3 Å². The van der Waals surface area contributed by atoms with Gasteiger partial charge in [0.1, 0.15) is 10.8 Å². The van der Waals surface area contributed by atoms with Gasteiger partial charge in [-0.2, -0.15) is 0 Å². The van der Waals surface area contributed by atoms with E-state index in [4.69, 9.17) is 4.98 Å². The Morgan fingerprint density at radius 3 is 2.46 bits per heavy atom. The van der Waals surface area contributed by atoms with Crippen LogP contribution in [0.2, 0.25) is 0 Å². The highest BCUT2D eigenvalue weighted by Gasteiger charge is 2.51. The number of carbonyl (C=O) groups excluding carboxylic acids is 1. The van der Waals surface area contributed by atoms with Gasteiger partial charge in [0.25, 0.3) is 0 Å². The van der Waals surface area contributed by atoms with Crippen molar-refractivity contribution in [2.75, 3.05) is 11.1 Å². The topological polar surface area (TPSA) is 72.7 Å². The van der Waals surface area contributed by atoms with Crippen molar-refractivity contribution in [3.8, 4) is 10.6 Å². The van der Waals surface area contributed by atoms with Crippen LogP contribution in [0.3, 0.4) is 0 Å². The highest BCUT2D eigenvalue weighted by Crippen LogP contribution is 2.61. The highest BCUT2D eigenvalue weighted by molar-refractivity contribution is 7.99. The summed E-state index contributed by atoms with van der Waals surface area (Å²) < 4.78 is 3.44. The Morgan fingerprint density at radius 1 is 1.05 bits per heavy atom. The van der Waals surface area contributed by atoms with E-state index in [-0.39, 0.29) is 5.91 Å². The third-order valence-electron chi connectivity index (χ3n) is 9.10. The van der Waals surface area contributed by atoms with Gasteiger partial charge in [0.2, 0.25) is 5.91 Å². The minimum Gasteiger partial charge on any atom is -0.325 e. The number of hydrogen-bond donors (Lipinski definition) is 1. The second kappa shape index (κ2) is 10.0. The molecule has 1 amide bonds. The maximum atomic E-state index is 12.8. The van der Waals surface area contributed by atoms with Crippen molar-refractivity contribution in [1.29, 1.82) is 0 Å². The average molecular weight is 558 g/mol. The molecule has 4 aromatic rings. The van der Waals surface area contributed by atoms with Gasteiger partial charge < -0.3 is 9.88 Å². The summed E-state index contributed by atoms with van der Waals surface area (Å²) >= 11 is 3.18. The molecule has 4 bridgehead atoms. The van der Waals surface area contributed by atoms with Crippen LogP contribution in [0.5, 0.6) is 0 Å². The summed E-state index contributed by atoms with van der Waals surface area (Å²) in [5.41, 5.74) is 4.55. The first-order chi connectivity index (χ1) is 18.9. The molecule has 0 unspecified atom stereocenters. The Labute approximate surface area is 238 Å². The number of thiazole rings is 1. The number of hydrogen-bond acceptors (Lipinski definition) is 6. The van der Waals surface area contributed by atoms with Gasteiger partial charge >= 0.3 is 0 Å². The lowest BCUT2D eigenvalue weighted by Gasteiger charge is -2.56. The number of thioether (sulfide) groups is 1. The number of amides is 1. The predicted octanol–water partition coefficient (Wildman–Crippen LogP) is 7.37. The fourth-order valence-electron chi connectivity index (χ4n) is 7.89.